The summed E-state index contributed by atoms with van der Waals surface area (Å²) in [6.07, 6.45) is 0.385. The quantitative estimate of drug-likeness (QED) is 0.474. The summed E-state index contributed by atoms with van der Waals surface area (Å²) in [7, 11) is 0. The molecule has 1 saturated heterocycles. The molecule has 162 valence electrons. The average molecular weight is 425 g/mol. The van der Waals surface area contributed by atoms with Gasteiger partial charge in [0.1, 0.15) is 11.9 Å². The SMILES string of the molecule is Cc1cccc(N)c1C(=O)NCCCC1CN(c2ccc3c(n2)NC(=O)CO3)C(=O)O1. The maximum Gasteiger partial charge on any atom is 0.415 e. The number of benzene rings is 1. The highest BCUT2D eigenvalue weighted by Gasteiger charge is 2.33. The summed E-state index contributed by atoms with van der Waals surface area (Å²) in [4.78, 5) is 41.9. The van der Waals surface area contributed by atoms with Crippen molar-refractivity contribution in [1.82, 2.24) is 10.3 Å². The number of nitrogens with zero attached hydrogens (tertiary/aromatic N) is 2. The van der Waals surface area contributed by atoms with E-state index in [1.807, 2.05) is 13.0 Å². The lowest BCUT2D eigenvalue weighted by atomic mass is 10.1. The van der Waals surface area contributed by atoms with Gasteiger partial charge in [0, 0.05) is 12.2 Å². The Bertz CT molecular complexity index is 1020. The molecule has 2 aliphatic heterocycles. The number of hydrogen-bond acceptors (Lipinski definition) is 7. The summed E-state index contributed by atoms with van der Waals surface area (Å²) in [5.74, 6) is 0.595. The fraction of sp³-hybridized carbons (Fsp3) is 0.333. The number of ether oxygens (including phenoxy) is 2. The molecule has 10 heteroatoms. The van der Waals surface area contributed by atoms with E-state index < -0.39 is 6.09 Å². The van der Waals surface area contributed by atoms with Gasteiger partial charge in [-0.3, -0.25) is 14.5 Å². The van der Waals surface area contributed by atoms with Crippen LogP contribution in [0.5, 0.6) is 5.75 Å². The molecule has 3 heterocycles. The van der Waals surface area contributed by atoms with Gasteiger partial charge in [0.25, 0.3) is 11.8 Å². The molecule has 4 rings (SSSR count). The Kier molecular flexibility index (Phi) is 5.61. The van der Waals surface area contributed by atoms with E-state index in [2.05, 4.69) is 15.6 Å². The normalized spacial score (nSPS) is 17.5. The van der Waals surface area contributed by atoms with E-state index in [1.54, 1.807) is 24.3 Å². The summed E-state index contributed by atoms with van der Waals surface area (Å²) in [6, 6.07) is 8.64. The van der Waals surface area contributed by atoms with Crippen molar-refractivity contribution in [1.29, 1.82) is 0 Å². The fourth-order valence-corrected chi connectivity index (χ4v) is 3.58. The third-order valence-corrected chi connectivity index (χ3v) is 5.13. The van der Waals surface area contributed by atoms with Crippen LogP contribution in [0.15, 0.2) is 30.3 Å². The van der Waals surface area contributed by atoms with E-state index in [0.29, 0.717) is 48.7 Å². The number of hydrogen-bond donors (Lipinski definition) is 3. The summed E-state index contributed by atoms with van der Waals surface area (Å²) in [5.41, 5.74) is 7.64. The molecule has 0 bridgehead atoms. The first-order valence-corrected chi connectivity index (χ1v) is 9.97. The highest BCUT2D eigenvalue weighted by Crippen LogP contribution is 2.30. The Balaban J connectivity index is 1.29. The largest absolute Gasteiger partial charge is 0.480 e. The Morgan fingerprint density at radius 1 is 1.32 bits per heavy atom. The fourth-order valence-electron chi connectivity index (χ4n) is 3.58. The smallest absolute Gasteiger partial charge is 0.415 e. The number of aromatic nitrogens is 1. The molecule has 1 atom stereocenters. The molecule has 4 N–H and O–H groups in total. The van der Waals surface area contributed by atoms with Gasteiger partial charge >= 0.3 is 6.09 Å². The van der Waals surface area contributed by atoms with Gasteiger partial charge in [-0.25, -0.2) is 9.78 Å². The van der Waals surface area contributed by atoms with Crippen LogP contribution >= 0.6 is 0 Å². The molecule has 1 aromatic heterocycles. The number of cyclic esters (lactones) is 1. The van der Waals surface area contributed by atoms with Crippen molar-refractivity contribution in [3.05, 3.63) is 41.5 Å². The lowest BCUT2D eigenvalue weighted by Crippen LogP contribution is -2.29. The van der Waals surface area contributed by atoms with Crippen LogP contribution in [0, 0.1) is 6.92 Å². The van der Waals surface area contributed by atoms with Gasteiger partial charge in [-0.2, -0.15) is 0 Å². The van der Waals surface area contributed by atoms with Crippen molar-refractivity contribution in [2.45, 2.75) is 25.9 Å². The predicted molar refractivity (Wildman–Crippen MR) is 113 cm³/mol. The van der Waals surface area contributed by atoms with E-state index >= 15 is 0 Å². The Hall–Kier alpha value is -3.82. The van der Waals surface area contributed by atoms with Gasteiger partial charge in [-0.1, -0.05) is 12.1 Å². The van der Waals surface area contributed by atoms with Gasteiger partial charge in [0.2, 0.25) is 0 Å². The first-order valence-electron chi connectivity index (χ1n) is 9.97. The van der Waals surface area contributed by atoms with Gasteiger partial charge in [-0.15, -0.1) is 0 Å². The zero-order chi connectivity index (χ0) is 22.0. The molecule has 0 saturated carbocycles. The van der Waals surface area contributed by atoms with E-state index in [9.17, 15) is 14.4 Å². The maximum atomic E-state index is 12.4. The number of carbonyl (C=O) groups is 3. The second-order valence-electron chi connectivity index (χ2n) is 7.41. The number of anilines is 3. The van der Waals surface area contributed by atoms with Crippen LogP contribution in [0.4, 0.5) is 22.1 Å². The molecule has 0 radical (unpaired) electrons. The highest BCUT2D eigenvalue weighted by atomic mass is 16.6. The number of amides is 3. The van der Waals surface area contributed by atoms with E-state index in [-0.39, 0.29) is 30.3 Å². The van der Waals surface area contributed by atoms with Crippen LogP contribution in [-0.4, -0.2) is 48.7 Å². The molecule has 1 unspecified atom stereocenters. The number of pyridine rings is 1. The molecule has 2 aliphatic rings. The van der Waals surface area contributed by atoms with Crippen molar-refractivity contribution in [3.8, 4) is 5.75 Å². The standard InChI is InChI=1S/C21H23N5O5/c1-12-4-2-6-14(22)18(12)20(28)23-9-3-5-13-10-26(21(29)31-13)16-8-7-15-19(24-16)25-17(27)11-30-15/h2,4,6-8,13H,3,5,9-11,22H2,1H3,(H,23,28)(H,24,25,27). The minimum absolute atomic E-state index is 0.0607. The van der Waals surface area contributed by atoms with Crippen LogP contribution < -0.4 is 26.0 Å². The van der Waals surface area contributed by atoms with Crippen molar-refractivity contribution in [3.63, 3.8) is 0 Å². The average Bonchev–Trinajstić information content (AvgIpc) is 3.11. The Morgan fingerprint density at radius 3 is 2.97 bits per heavy atom. The molecule has 0 aliphatic carbocycles. The molecule has 3 amide bonds. The molecule has 10 nitrogen and oxygen atoms in total. The third-order valence-electron chi connectivity index (χ3n) is 5.13. The zero-order valence-corrected chi connectivity index (χ0v) is 17.0. The van der Waals surface area contributed by atoms with Crippen molar-refractivity contribution >= 4 is 35.2 Å². The third kappa shape index (κ3) is 4.37. The zero-order valence-electron chi connectivity index (χ0n) is 17.0. The van der Waals surface area contributed by atoms with Crippen molar-refractivity contribution in [2.75, 3.05) is 35.6 Å². The maximum absolute atomic E-state index is 12.4. The number of nitrogens with one attached hydrogen (secondary N) is 2. The number of nitrogens with two attached hydrogens (primary N) is 1. The Labute approximate surface area is 178 Å². The summed E-state index contributed by atoms with van der Waals surface area (Å²) < 4.78 is 10.7. The highest BCUT2D eigenvalue weighted by molar-refractivity contribution is 6.00. The Morgan fingerprint density at radius 2 is 2.16 bits per heavy atom. The van der Waals surface area contributed by atoms with Gasteiger partial charge in [0.15, 0.2) is 18.2 Å². The molecule has 31 heavy (non-hydrogen) atoms. The van der Waals surface area contributed by atoms with E-state index in [1.165, 1.54) is 4.90 Å². The van der Waals surface area contributed by atoms with E-state index in [0.717, 1.165) is 5.56 Å². The number of rotatable bonds is 6. The minimum atomic E-state index is -0.503. The van der Waals surface area contributed by atoms with Crippen LogP contribution in [0.2, 0.25) is 0 Å². The molecule has 1 aromatic carbocycles. The lowest BCUT2D eigenvalue weighted by molar-refractivity contribution is -0.118. The molecule has 1 fully saturated rings. The summed E-state index contributed by atoms with van der Waals surface area (Å²) in [5, 5.41) is 5.48. The molecule has 0 spiro atoms. The molecular formula is C21H23N5O5. The lowest BCUT2D eigenvalue weighted by Gasteiger charge is -2.19. The summed E-state index contributed by atoms with van der Waals surface area (Å²) >= 11 is 0. The van der Waals surface area contributed by atoms with Crippen molar-refractivity contribution in [2.24, 2.45) is 0 Å². The second-order valence-corrected chi connectivity index (χ2v) is 7.41. The molecular weight excluding hydrogens is 402 g/mol. The van der Waals surface area contributed by atoms with Gasteiger partial charge in [-0.05, 0) is 43.5 Å². The van der Waals surface area contributed by atoms with Crippen LogP contribution in [-0.2, 0) is 9.53 Å². The number of aryl methyl sites for hydroxylation is 1. The minimum Gasteiger partial charge on any atom is -0.480 e. The van der Waals surface area contributed by atoms with Crippen molar-refractivity contribution < 1.29 is 23.9 Å². The monoisotopic (exact) mass is 425 g/mol. The topological polar surface area (TPSA) is 136 Å². The summed E-state index contributed by atoms with van der Waals surface area (Å²) in [6.45, 7) is 2.54. The van der Waals surface area contributed by atoms with Crippen LogP contribution in [0.3, 0.4) is 0 Å². The van der Waals surface area contributed by atoms with E-state index in [4.69, 9.17) is 15.2 Å². The predicted octanol–water partition coefficient (Wildman–Crippen LogP) is 1.84. The van der Waals surface area contributed by atoms with Gasteiger partial charge in [0.05, 0.1) is 12.1 Å². The van der Waals surface area contributed by atoms with Crippen LogP contribution in [0.25, 0.3) is 0 Å². The second kappa shape index (κ2) is 8.50. The number of carbonyl (C=O) groups excluding carboxylic acids is 3. The first kappa shape index (κ1) is 20.5. The molecule has 2 aromatic rings. The van der Waals surface area contributed by atoms with Gasteiger partial charge < -0.3 is 25.8 Å². The number of fused-ring (bicyclic) bond motifs is 1. The number of nitrogen functional groups attached to an aromatic ring is 1. The van der Waals surface area contributed by atoms with Crippen LogP contribution in [0.1, 0.15) is 28.8 Å². The first-order chi connectivity index (χ1) is 14.9.